The van der Waals surface area contributed by atoms with Gasteiger partial charge < -0.3 is 8.98 Å². The average Bonchev–Trinajstić information content (AvgIpc) is 3.76. The molecule has 9 aromatic rings. The van der Waals surface area contributed by atoms with Crippen LogP contribution in [-0.2, 0) is 10.8 Å². The van der Waals surface area contributed by atoms with E-state index >= 15 is 0 Å². The fourth-order valence-corrected chi connectivity index (χ4v) is 7.68. The molecule has 0 aliphatic carbocycles. The number of para-hydroxylation sites is 5. The Morgan fingerprint density at radius 3 is 1.88 bits per heavy atom. The van der Waals surface area contributed by atoms with E-state index in [0.29, 0.717) is 0 Å². The highest BCUT2D eigenvalue weighted by Gasteiger charge is 2.29. The molecule has 0 saturated carbocycles. The zero-order valence-electron chi connectivity index (χ0n) is 28.9. The Labute approximate surface area is 286 Å². The summed E-state index contributed by atoms with van der Waals surface area (Å²) in [6.45, 7) is 13.8. The molecule has 0 aliphatic heterocycles. The van der Waals surface area contributed by atoms with Crippen LogP contribution in [0.1, 0.15) is 52.7 Å². The molecule has 0 amide bonds. The van der Waals surface area contributed by atoms with Gasteiger partial charge in [0.05, 0.1) is 27.8 Å². The molecule has 0 unspecified atom stereocenters. The van der Waals surface area contributed by atoms with Crippen LogP contribution in [0.5, 0.6) is 0 Å². The van der Waals surface area contributed by atoms with Gasteiger partial charge in [-0.1, -0.05) is 108 Å². The summed E-state index contributed by atoms with van der Waals surface area (Å²) in [6.07, 6.45) is 0. The molecule has 0 aliphatic rings. The zero-order chi connectivity index (χ0) is 33.7. The lowest BCUT2D eigenvalue weighted by Gasteiger charge is -2.31. The largest absolute Gasteiger partial charge is 0.456 e. The average molecular weight is 638 g/mol. The summed E-state index contributed by atoms with van der Waals surface area (Å²) in [4.78, 5) is 5.36. The first kappa shape index (κ1) is 29.5. The smallest absolute Gasteiger partial charge is 0.145 e. The van der Waals surface area contributed by atoms with Gasteiger partial charge in [-0.05, 0) is 82.6 Å². The van der Waals surface area contributed by atoms with E-state index in [1.807, 2.05) is 12.1 Å². The number of aromatic nitrogens is 3. The van der Waals surface area contributed by atoms with Crippen LogP contribution < -0.4 is 0 Å². The van der Waals surface area contributed by atoms with Gasteiger partial charge in [0.15, 0.2) is 0 Å². The van der Waals surface area contributed by atoms with Crippen molar-refractivity contribution in [2.45, 2.75) is 52.4 Å². The zero-order valence-corrected chi connectivity index (χ0v) is 28.9. The molecule has 0 bridgehead atoms. The number of hydrogen-bond acceptors (Lipinski definition) is 2. The monoisotopic (exact) mass is 637 g/mol. The van der Waals surface area contributed by atoms with Crippen molar-refractivity contribution in [3.63, 3.8) is 0 Å². The lowest BCUT2D eigenvalue weighted by atomic mass is 9.78. The van der Waals surface area contributed by atoms with E-state index in [4.69, 9.17) is 9.40 Å². The standard InChI is InChI=1S/C45H39N3O/c1-44(2,3)34-16-13-17-35(45(4,5)6)42(34)48-39-20-11-9-18-36(39)46-43(48)28-22-24-38-32(26-28)30-14-7-10-19-37(30)47(38)29-23-25-41-33(27-29)31-15-8-12-21-40(31)49-41/h7-27H,1-6H3. The van der Waals surface area contributed by atoms with Crippen LogP contribution in [0.3, 0.4) is 0 Å². The van der Waals surface area contributed by atoms with E-state index < -0.39 is 0 Å². The number of imidazole rings is 1. The lowest BCUT2D eigenvalue weighted by molar-refractivity contribution is 0.563. The molecule has 4 nitrogen and oxygen atoms in total. The molecule has 0 N–H and O–H groups in total. The number of rotatable bonds is 3. The molecular formula is C45H39N3O. The van der Waals surface area contributed by atoms with Gasteiger partial charge in [0.25, 0.3) is 0 Å². The summed E-state index contributed by atoms with van der Waals surface area (Å²) in [5, 5.41) is 4.66. The molecule has 0 fully saturated rings. The summed E-state index contributed by atoms with van der Waals surface area (Å²) < 4.78 is 11.0. The van der Waals surface area contributed by atoms with Crippen molar-refractivity contribution in [1.82, 2.24) is 14.1 Å². The van der Waals surface area contributed by atoms with Gasteiger partial charge in [0, 0.05) is 32.8 Å². The Hall–Kier alpha value is -5.61. The number of benzene rings is 6. The maximum absolute atomic E-state index is 6.18. The van der Waals surface area contributed by atoms with Gasteiger partial charge in [-0.15, -0.1) is 0 Å². The third kappa shape index (κ3) is 4.54. The van der Waals surface area contributed by atoms with Crippen LogP contribution in [0.15, 0.2) is 132 Å². The highest BCUT2D eigenvalue weighted by atomic mass is 16.3. The molecule has 240 valence electrons. The molecule has 0 saturated heterocycles. The molecular weight excluding hydrogens is 599 g/mol. The fourth-order valence-electron chi connectivity index (χ4n) is 7.68. The SMILES string of the molecule is CC(C)(C)c1cccc(C(C)(C)C)c1-n1c(-c2ccc3c(c2)c2ccccc2n3-c2ccc3oc4ccccc4c3c2)nc2ccccc21. The highest BCUT2D eigenvalue weighted by molar-refractivity contribution is 6.11. The topological polar surface area (TPSA) is 35.9 Å². The van der Waals surface area contributed by atoms with Gasteiger partial charge >= 0.3 is 0 Å². The van der Waals surface area contributed by atoms with E-state index in [1.165, 1.54) is 33.1 Å². The summed E-state index contributed by atoms with van der Waals surface area (Å²) >= 11 is 0. The van der Waals surface area contributed by atoms with E-state index in [9.17, 15) is 0 Å². The molecule has 3 heterocycles. The van der Waals surface area contributed by atoms with Crippen LogP contribution in [0.4, 0.5) is 0 Å². The molecule has 49 heavy (non-hydrogen) atoms. The number of nitrogens with zero attached hydrogens (tertiary/aromatic N) is 3. The predicted molar refractivity (Wildman–Crippen MR) is 206 cm³/mol. The van der Waals surface area contributed by atoms with Gasteiger partial charge in [0.1, 0.15) is 17.0 Å². The second-order valence-electron chi connectivity index (χ2n) is 15.3. The van der Waals surface area contributed by atoms with Crippen LogP contribution in [0.2, 0.25) is 0 Å². The molecule has 4 heteroatoms. The van der Waals surface area contributed by atoms with Crippen LogP contribution in [0, 0.1) is 0 Å². The van der Waals surface area contributed by atoms with Gasteiger partial charge in [-0.3, -0.25) is 4.57 Å². The first-order chi connectivity index (χ1) is 23.6. The third-order valence-corrected chi connectivity index (χ3v) is 9.99. The second-order valence-corrected chi connectivity index (χ2v) is 15.3. The first-order valence-corrected chi connectivity index (χ1v) is 17.1. The Kier molecular flexibility index (Phi) is 6.29. The van der Waals surface area contributed by atoms with Gasteiger partial charge in [-0.25, -0.2) is 4.98 Å². The Morgan fingerprint density at radius 2 is 1.12 bits per heavy atom. The summed E-state index contributed by atoms with van der Waals surface area (Å²) in [5.74, 6) is 0.952. The fraction of sp³-hybridized carbons (Fsp3) is 0.178. The van der Waals surface area contributed by atoms with Crippen molar-refractivity contribution < 1.29 is 4.42 Å². The van der Waals surface area contributed by atoms with Crippen molar-refractivity contribution in [3.8, 4) is 22.8 Å². The Bertz CT molecular complexity index is 2710. The maximum Gasteiger partial charge on any atom is 0.145 e. The molecule has 9 rings (SSSR count). The van der Waals surface area contributed by atoms with Crippen molar-refractivity contribution in [1.29, 1.82) is 0 Å². The van der Waals surface area contributed by atoms with Crippen molar-refractivity contribution >= 4 is 54.8 Å². The van der Waals surface area contributed by atoms with Gasteiger partial charge in [0.2, 0.25) is 0 Å². The van der Waals surface area contributed by atoms with E-state index in [1.54, 1.807) is 0 Å². The quantitative estimate of drug-likeness (QED) is 0.193. The molecule has 3 aromatic heterocycles. The predicted octanol–water partition coefficient (Wildman–Crippen LogP) is 12.3. The number of fused-ring (bicyclic) bond motifs is 7. The highest BCUT2D eigenvalue weighted by Crippen LogP contribution is 2.42. The van der Waals surface area contributed by atoms with Gasteiger partial charge in [-0.2, -0.15) is 0 Å². The van der Waals surface area contributed by atoms with Crippen LogP contribution in [-0.4, -0.2) is 14.1 Å². The number of hydrogen-bond donors (Lipinski definition) is 0. The minimum absolute atomic E-state index is 0.0714. The normalized spacial score (nSPS) is 12.7. The molecule has 0 spiro atoms. The molecule has 6 aromatic carbocycles. The third-order valence-electron chi connectivity index (χ3n) is 9.99. The maximum atomic E-state index is 6.18. The van der Waals surface area contributed by atoms with Crippen LogP contribution >= 0.6 is 0 Å². The molecule has 0 atom stereocenters. The van der Waals surface area contributed by atoms with Crippen molar-refractivity contribution in [2.24, 2.45) is 0 Å². The summed E-state index contributed by atoms with van der Waals surface area (Å²) in [5.41, 5.74) is 12.1. The van der Waals surface area contributed by atoms with E-state index in [2.05, 4.69) is 166 Å². The summed E-state index contributed by atoms with van der Waals surface area (Å²) in [7, 11) is 0. The second kappa shape index (κ2) is 10.4. The lowest BCUT2D eigenvalue weighted by Crippen LogP contribution is -2.22. The van der Waals surface area contributed by atoms with E-state index in [0.717, 1.165) is 55.6 Å². The van der Waals surface area contributed by atoms with Crippen molar-refractivity contribution in [2.75, 3.05) is 0 Å². The van der Waals surface area contributed by atoms with E-state index in [-0.39, 0.29) is 10.8 Å². The minimum Gasteiger partial charge on any atom is -0.456 e. The first-order valence-electron chi connectivity index (χ1n) is 17.1. The minimum atomic E-state index is -0.0714. The summed E-state index contributed by atoms with van der Waals surface area (Å²) in [6, 6.07) is 45.7. The van der Waals surface area contributed by atoms with Crippen molar-refractivity contribution in [3.05, 3.63) is 139 Å². The Morgan fingerprint density at radius 1 is 0.490 bits per heavy atom. The Balaban J connectivity index is 1.32. The molecule has 0 radical (unpaired) electrons. The van der Waals surface area contributed by atoms with Crippen LogP contribution in [0.25, 0.3) is 77.5 Å². The number of furan rings is 1.